The van der Waals surface area contributed by atoms with Crippen molar-refractivity contribution in [1.82, 2.24) is 5.32 Å². The fourth-order valence-electron chi connectivity index (χ4n) is 2.38. The van der Waals surface area contributed by atoms with Crippen LogP contribution in [0.5, 0.6) is 0 Å². The van der Waals surface area contributed by atoms with Gasteiger partial charge in [0.2, 0.25) is 0 Å². The predicted octanol–water partition coefficient (Wildman–Crippen LogP) is 3.63. The number of fused-ring (bicyclic) bond motifs is 1. The maximum absolute atomic E-state index is 3.41. The summed E-state index contributed by atoms with van der Waals surface area (Å²) in [6, 6.07) is 15.8. The molecule has 1 heteroatoms. The number of nitrogens with one attached hydrogen (secondary N) is 1. The molecule has 0 saturated heterocycles. The summed E-state index contributed by atoms with van der Waals surface area (Å²) < 4.78 is 0. The lowest BCUT2D eigenvalue weighted by molar-refractivity contribution is 0.425. The number of rotatable bonds is 4. The fourth-order valence-corrected chi connectivity index (χ4v) is 2.38. The molecule has 0 aliphatic rings. The van der Waals surface area contributed by atoms with Crippen LogP contribution < -0.4 is 5.32 Å². The second kappa shape index (κ2) is 5.33. The van der Waals surface area contributed by atoms with E-state index in [1.807, 2.05) is 0 Å². The first kappa shape index (κ1) is 12.1. The molecule has 0 bridgehead atoms. The van der Waals surface area contributed by atoms with Crippen molar-refractivity contribution in [1.29, 1.82) is 0 Å². The van der Waals surface area contributed by atoms with E-state index in [-0.39, 0.29) is 0 Å². The van der Waals surface area contributed by atoms with Gasteiger partial charge in [0.25, 0.3) is 0 Å². The molecule has 0 spiro atoms. The van der Waals surface area contributed by atoms with Crippen LogP contribution in [-0.2, 0) is 6.42 Å². The molecule has 1 nitrogen and oxygen atoms in total. The van der Waals surface area contributed by atoms with Gasteiger partial charge in [-0.05, 0) is 35.7 Å². The standard InChI is InChI=1S/C16H21N/c1-12(2)16(17-3)11-14-9-6-8-13-7-4-5-10-15(13)14/h4-10,12,16-17H,11H2,1-3H3. The molecule has 2 rings (SSSR count). The highest BCUT2D eigenvalue weighted by Gasteiger charge is 2.12. The molecule has 0 fully saturated rings. The van der Waals surface area contributed by atoms with Gasteiger partial charge in [-0.25, -0.2) is 0 Å². The number of benzene rings is 2. The van der Waals surface area contributed by atoms with Crippen molar-refractivity contribution in [3.8, 4) is 0 Å². The summed E-state index contributed by atoms with van der Waals surface area (Å²) in [4.78, 5) is 0. The third-order valence-corrected chi connectivity index (χ3v) is 3.50. The molecular weight excluding hydrogens is 206 g/mol. The van der Waals surface area contributed by atoms with Crippen molar-refractivity contribution >= 4 is 10.8 Å². The highest BCUT2D eigenvalue weighted by Crippen LogP contribution is 2.21. The molecule has 0 aromatic heterocycles. The van der Waals surface area contributed by atoms with Gasteiger partial charge in [0, 0.05) is 6.04 Å². The van der Waals surface area contributed by atoms with Gasteiger partial charge in [0.1, 0.15) is 0 Å². The molecule has 1 N–H and O–H groups in total. The molecular formula is C16H21N. The number of hydrogen-bond donors (Lipinski definition) is 1. The Labute approximate surface area is 104 Å². The predicted molar refractivity (Wildman–Crippen MR) is 75.3 cm³/mol. The Morgan fingerprint density at radius 3 is 2.41 bits per heavy atom. The quantitative estimate of drug-likeness (QED) is 0.841. The van der Waals surface area contributed by atoms with E-state index in [0.29, 0.717) is 12.0 Å². The summed E-state index contributed by atoms with van der Waals surface area (Å²) in [5.74, 6) is 0.652. The first-order chi connectivity index (χ1) is 8.22. The van der Waals surface area contributed by atoms with E-state index in [0.717, 1.165) is 6.42 Å². The molecule has 0 saturated carbocycles. The minimum atomic E-state index is 0.542. The van der Waals surface area contributed by atoms with Gasteiger partial charge in [0.05, 0.1) is 0 Å². The van der Waals surface area contributed by atoms with Gasteiger partial charge in [-0.1, -0.05) is 56.3 Å². The Kier molecular flexibility index (Phi) is 3.80. The molecule has 0 amide bonds. The molecule has 1 atom stereocenters. The second-order valence-electron chi connectivity index (χ2n) is 4.98. The summed E-state index contributed by atoms with van der Waals surface area (Å²) in [5.41, 5.74) is 1.44. The summed E-state index contributed by atoms with van der Waals surface area (Å²) in [7, 11) is 2.05. The van der Waals surface area contributed by atoms with Crippen LogP contribution in [0.3, 0.4) is 0 Å². The van der Waals surface area contributed by atoms with E-state index >= 15 is 0 Å². The van der Waals surface area contributed by atoms with Crippen LogP contribution in [-0.4, -0.2) is 13.1 Å². The minimum Gasteiger partial charge on any atom is -0.316 e. The first-order valence-corrected chi connectivity index (χ1v) is 6.36. The molecule has 90 valence electrons. The minimum absolute atomic E-state index is 0.542. The Balaban J connectivity index is 2.35. The van der Waals surface area contributed by atoms with Gasteiger partial charge >= 0.3 is 0 Å². The van der Waals surface area contributed by atoms with Gasteiger partial charge < -0.3 is 5.32 Å². The summed E-state index contributed by atoms with van der Waals surface area (Å²) in [5, 5.41) is 6.14. The van der Waals surface area contributed by atoms with Crippen LogP contribution in [0, 0.1) is 5.92 Å². The smallest absolute Gasteiger partial charge is 0.0128 e. The van der Waals surface area contributed by atoms with Crippen LogP contribution in [0.2, 0.25) is 0 Å². The average Bonchev–Trinajstić information content (AvgIpc) is 2.35. The normalized spacial score (nSPS) is 13.2. The van der Waals surface area contributed by atoms with Crippen LogP contribution >= 0.6 is 0 Å². The van der Waals surface area contributed by atoms with Gasteiger partial charge in [-0.2, -0.15) is 0 Å². The SMILES string of the molecule is CNC(Cc1cccc2ccccc12)C(C)C. The summed E-state index contributed by atoms with van der Waals surface area (Å²) in [6.45, 7) is 4.54. The van der Waals surface area contributed by atoms with Crippen LogP contribution in [0.4, 0.5) is 0 Å². The average molecular weight is 227 g/mol. The van der Waals surface area contributed by atoms with Crippen LogP contribution in [0.15, 0.2) is 42.5 Å². The molecule has 2 aromatic rings. The lowest BCUT2D eigenvalue weighted by Crippen LogP contribution is -2.32. The van der Waals surface area contributed by atoms with Crippen LogP contribution in [0.1, 0.15) is 19.4 Å². The molecule has 0 heterocycles. The lowest BCUT2D eigenvalue weighted by atomic mass is 9.93. The molecule has 17 heavy (non-hydrogen) atoms. The van der Waals surface area contributed by atoms with E-state index in [4.69, 9.17) is 0 Å². The largest absolute Gasteiger partial charge is 0.316 e. The zero-order valence-corrected chi connectivity index (χ0v) is 10.9. The monoisotopic (exact) mass is 227 g/mol. The topological polar surface area (TPSA) is 12.0 Å². The first-order valence-electron chi connectivity index (χ1n) is 6.36. The molecule has 1 unspecified atom stereocenters. The molecule has 0 aliphatic carbocycles. The number of likely N-dealkylation sites (N-methyl/N-ethyl adjacent to an activating group) is 1. The highest BCUT2D eigenvalue weighted by molar-refractivity contribution is 5.85. The Morgan fingerprint density at radius 1 is 1.00 bits per heavy atom. The van der Waals surface area contributed by atoms with E-state index in [1.165, 1.54) is 16.3 Å². The van der Waals surface area contributed by atoms with E-state index in [2.05, 4.69) is 68.7 Å². The zero-order chi connectivity index (χ0) is 12.3. The fraction of sp³-hybridized carbons (Fsp3) is 0.375. The van der Waals surface area contributed by atoms with Crippen molar-refractivity contribution in [2.45, 2.75) is 26.3 Å². The van der Waals surface area contributed by atoms with E-state index < -0.39 is 0 Å². The molecule has 0 radical (unpaired) electrons. The highest BCUT2D eigenvalue weighted by atomic mass is 14.9. The summed E-state index contributed by atoms with van der Waals surface area (Å²) >= 11 is 0. The number of hydrogen-bond acceptors (Lipinski definition) is 1. The van der Waals surface area contributed by atoms with Gasteiger partial charge in [0.15, 0.2) is 0 Å². The van der Waals surface area contributed by atoms with Crippen molar-refractivity contribution in [3.63, 3.8) is 0 Å². The second-order valence-corrected chi connectivity index (χ2v) is 4.98. The van der Waals surface area contributed by atoms with Crippen molar-refractivity contribution in [2.75, 3.05) is 7.05 Å². The van der Waals surface area contributed by atoms with Crippen molar-refractivity contribution in [3.05, 3.63) is 48.0 Å². The summed E-state index contributed by atoms with van der Waals surface area (Å²) in [6.07, 6.45) is 1.09. The Hall–Kier alpha value is -1.34. The zero-order valence-electron chi connectivity index (χ0n) is 10.9. The maximum Gasteiger partial charge on any atom is 0.0128 e. The third kappa shape index (κ3) is 2.67. The maximum atomic E-state index is 3.41. The Morgan fingerprint density at radius 2 is 1.71 bits per heavy atom. The lowest BCUT2D eigenvalue weighted by Gasteiger charge is -2.21. The van der Waals surface area contributed by atoms with E-state index in [1.54, 1.807) is 0 Å². The Bertz CT molecular complexity index is 482. The van der Waals surface area contributed by atoms with E-state index in [9.17, 15) is 0 Å². The molecule has 0 aliphatic heterocycles. The third-order valence-electron chi connectivity index (χ3n) is 3.50. The van der Waals surface area contributed by atoms with Crippen molar-refractivity contribution in [2.24, 2.45) is 5.92 Å². The van der Waals surface area contributed by atoms with Gasteiger partial charge in [-0.15, -0.1) is 0 Å². The van der Waals surface area contributed by atoms with Crippen molar-refractivity contribution < 1.29 is 0 Å². The van der Waals surface area contributed by atoms with Crippen LogP contribution in [0.25, 0.3) is 10.8 Å². The molecule has 2 aromatic carbocycles. The van der Waals surface area contributed by atoms with Gasteiger partial charge in [-0.3, -0.25) is 0 Å².